The van der Waals surface area contributed by atoms with Gasteiger partial charge in [-0.2, -0.15) is 0 Å². The van der Waals surface area contributed by atoms with Crippen molar-refractivity contribution < 1.29 is 0 Å². The highest BCUT2D eigenvalue weighted by molar-refractivity contribution is 8.08. The molecule has 0 aliphatic carbocycles. The third kappa shape index (κ3) is 1.38. The Balaban J connectivity index is 2.83. The molecule has 0 saturated carbocycles. The summed E-state index contributed by atoms with van der Waals surface area (Å²) in [7, 11) is -0.214. The summed E-state index contributed by atoms with van der Waals surface area (Å²) < 4.78 is 0. The minimum Gasteiger partial charge on any atom is -0.204 e. The molecule has 0 heterocycles. The fourth-order valence-electron chi connectivity index (χ4n) is 0.583. The van der Waals surface area contributed by atoms with Crippen molar-refractivity contribution in [1.29, 1.82) is 0 Å². The third-order valence-electron chi connectivity index (χ3n) is 1.03. The van der Waals surface area contributed by atoms with Crippen LogP contribution < -0.4 is 5.19 Å². The van der Waals surface area contributed by atoms with Gasteiger partial charge in [0.2, 0.25) is 0 Å². The molecule has 42 valence electrons. The zero-order valence-electron chi connectivity index (χ0n) is 4.54. The lowest BCUT2D eigenvalue weighted by Gasteiger charge is -1.88. The molecule has 0 radical (unpaired) electrons. The van der Waals surface area contributed by atoms with Crippen LogP contribution in [0.4, 0.5) is 0 Å². The Labute approximate surface area is 56.8 Å². The molecule has 0 aliphatic rings. The van der Waals surface area contributed by atoms with Crippen LogP contribution in [0.5, 0.6) is 0 Å². The second kappa shape index (κ2) is 2.94. The molecule has 0 aromatic heterocycles. The van der Waals surface area contributed by atoms with Crippen molar-refractivity contribution in [2.45, 2.75) is 0 Å². The fraction of sp³-hybridized carbons (Fsp3) is 0. The van der Waals surface area contributed by atoms with Crippen LogP contribution in [-0.4, -0.2) is 8.67 Å². The Morgan fingerprint density at radius 1 is 1.12 bits per heavy atom. The molecule has 0 atom stereocenters. The zero-order chi connectivity index (χ0) is 5.82. The van der Waals surface area contributed by atoms with Gasteiger partial charge in [-0.05, 0) is 0 Å². The van der Waals surface area contributed by atoms with Crippen LogP contribution in [0.1, 0.15) is 0 Å². The van der Waals surface area contributed by atoms with E-state index in [0.717, 1.165) is 0 Å². The van der Waals surface area contributed by atoms with Crippen LogP contribution in [0.3, 0.4) is 0 Å². The standard InChI is InChI=1S/C6H8SSi/c7-8-6-4-2-1-3-5-6/h1-5,7H,8H2. The van der Waals surface area contributed by atoms with E-state index in [4.69, 9.17) is 0 Å². The smallest absolute Gasteiger partial charge is 0.113 e. The van der Waals surface area contributed by atoms with Crippen molar-refractivity contribution in [3.63, 3.8) is 0 Å². The lowest BCUT2D eigenvalue weighted by molar-refractivity contribution is 1.77. The Morgan fingerprint density at radius 2 is 1.75 bits per heavy atom. The summed E-state index contributed by atoms with van der Waals surface area (Å²) in [5.74, 6) is 0. The zero-order valence-corrected chi connectivity index (χ0v) is 6.85. The number of hydrogen-bond acceptors (Lipinski definition) is 1. The minimum atomic E-state index is -0.214. The Bertz CT molecular complexity index is 150. The fourth-order valence-corrected chi connectivity index (χ4v) is 1.70. The van der Waals surface area contributed by atoms with Crippen molar-refractivity contribution in [1.82, 2.24) is 0 Å². The molecule has 0 amide bonds. The average molecular weight is 140 g/mol. The highest BCUT2D eigenvalue weighted by Crippen LogP contribution is 1.81. The van der Waals surface area contributed by atoms with Crippen LogP contribution in [0.2, 0.25) is 0 Å². The molecule has 0 unspecified atom stereocenters. The van der Waals surface area contributed by atoms with Crippen LogP contribution in [0, 0.1) is 0 Å². The van der Waals surface area contributed by atoms with E-state index in [0.29, 0.717) is 0 Å². The van der Waals surface area contributed by atoms with Gasteiger partial charge in [0, 0.05) is 0 Å². The van der Waals surface area contributed by atoms with Crippen LogP contribution in [0.15, 0.2) is 30.3 Å². The van der Waals surface area contributed by atoms with E-state index in [9.17, 15) is 0 Å². The third-order valence-corrected chi connectivity index (χ3v) is 2.96. The maximum atomic E-state index is 4.25. The van der Waals surface area contributed by atoms with Gasteiger partial charge in [-0.1, -0.05) is 35.5 Å². The predicted octanol–water partition coefficient (Wildman–Crippen LogP) is 0.325. The molecule has 0 aliphatic heterocycles. The second-order valence-corrected chi connectivity index (χ2v) is 3.73. The topological polar surface area (TPSA) is 0 Å². The molecule has 0 saturated heterocycles. The number of hydrogen-bond donors (Lipinski definition) is 1. The van der Waals surface area contributed by atoms with Gasteiger partial charge in [0.25, 0.3) is 0 Å². The van der Waals surface area contributed by atoms with Gasteiger partial charge < -0.3 is 0 Å². The first kappa shape index (κ1) is 5.92. The molecule has 1 rings (SSSR count). The number of rotatable bonds is 1. The predicted molar refractivity (Wildman–Crippen MR) is 43.6 cm³/mol. The molecule has 0 fully saturated rings. The maximum Gasteiger partial charge on any atom is 0.113 e. The maximum absolute atomic E-state index is 4.25. The van der Waals surface area contributed by atoms with Gasteiger partial charge in [0.15, 0.2) is 0 Å². The summed E-state index contributed by atoms with van der Waals surface area (Å²) in [5.41, 5.74) is 0. The SMILES string of the molecule is S[SiH2]c1ccccc1. The van der Waals surface area contributed by atoms with E-state index in [1.54, 1.807) is 0 Å². The molecule has 2 heteroatoms. The molecule has 0 N–H and O–H groups in total. The van der Waals surface area contributed by atoms with E-state index in [2.05, 4.69) is 36.3 Å². The van der Waals surface area contributed by atoms with Crippen LogP contribution in [0.25, 0.3) is 0 Å². The van der Waals surface area contributed by atoms with Crippen molar-refractivity contribution >= 4 is 25.9 Å². The normalized spacial score (nSPS) is 10.6. The van der Waals surface area contributed by atoms with E-state index >= 15 is 0 Å². The van der Waals surface area contributed by atoms with Crippen LogP contribution in [-0.2, 0) is 0 Å². The Morgan fingerprint density at radius 3 is 2.12 bits per heavy atom. The van der Waals surface area contributed by atoms with Crippen molar-refractivity contribution in [3.8, 4) is 0 Å². The quantitative estimate of drug-likeness (QED) is 0.422. The average Bonchev–Trinajstić information content (AvgIpc) is 1.90. The molecule has 0 bridgehead atoms. The molecular weight excluding hydrogens is 132 g/mol. The van der Waals surface area contributed by atoms with E-state index in [1.165, 1.54) is 5.19 Å². The monoisotopic (exact) mass is 140 g/mol. The molecule has 0 spiro atoms. The summed E-state index contributed by atoms with van der Waals surface area (Å²) in [6, 6.07) is 10.4. The Hall–Kier alpha value is -0.213. The highest BCUT2D eigenvalue weighted by atomic mass is 32.3. The van der Waals surface area contributed by atoms with Gasteiger partial charge in [0.1, 0.15) is 8.67 Å². The van der Waals surface area contributed by atoms with Crippen molar-refractivity contribution in [2.75, 3.05) is 0 Å². The lowest BCUT2D eigenvalue weighted by atomic mass is 10.4. The summed E-state index contributed by atoms with van der Waals surface area (Å²) in [4.78, 5) is 0. The van der Waals surface area contributed by atoms with Crippen LogP contribution >= 0.6 is 12.1 Å². The summed E-state index contributed by atoms with van der Waals surface area (Å²) in [5, 5.41) is 1.41. The Kier molecular flexibility index (Phi) is 2.18. The van der Waals surface area contributed by atoms with Gasteiger partial charge in [0.05, 0.1) is 0 Å². The minimum absolute atomic E-state index is 0.214. The summed E-state index contributed by atoms with van der Waals surface area (Å²) in [6.45, 7) is 0. The van der Waals surface area contributed by atoms with Crippen molar-refractivity contribution in [3.05, 3.63) is 30.3 Å². The van der Waals surface area contributed by atoms with Gasteiger partial charge >= 0.3 is 0 Å². The molecule has 0 nitrogen and oxygen atoms in total. The largest absolute Gasteiger partial charge is 0.204 e. The first-order valence-electron chi connectivity index (χ1n) is 2.58. The molecule has 1 aromatic carbocycles. The molecule has 1 aromatic rings. The van der Waals surface area contributed by atoms with Gasteiger partial charge in [-0.25, -0.2) is 12.1 Å². The first-order valence-corrected chi connectivity index (χ1v) is 5.82. The van der Waals surface area contributed by atoms with E-state index in [-0.39, 0.29) is 8.67 Å². The number of thiol groups is 1. The summed E-state index contributed by atoms with van der Waals surface area (Å²) in [6.07, 6.45) is 0. The summed E-state index contributed by atoms with van der Waals surface area (Å²) >= 11 is 4.25. The molecule has 8 heavy (non-hydrogen) atoms. The first-order chi connectivity index (χ1) is 3.93. The van der Waals surface area contributed by atoms with Crippen molar-refractivity contribution in [2.24, 2.45) is 0 Å². The highest BCUT2D eigenvalue weighted by Gasteiger charge is 1.81. The van der Waals surface area contributed by atoms with Gasteiger partial charge in [-0.15, -0.1) is 0 Å². The van der Waals surface area contributed by atoms with E-state index < -0.39 is 0 Å². The molecular formula is C6H8SSi. The second-order valence-electron chi connectivity index (χ2n) is 1.64. The van der Waals surface area contributed by atoms with E-state index in [1.807, 2.05) is 6.07 Å². The van der Waals surface area contributed by atoms with Gasteiger partial charge in [-0.3, -0.25) is 0 Å². The lowest BCUT2D eigenvalue weighted by Crippen LogP contribution is -2.05. The number of benzene rings is 1.